The number of methoxy groups -OCH3 is 1. The molecule has 0 atom stereocenters. The number of ether oxygens (including phenoxy) is 2. The Kier molecular flexibility index (Phi) is 6.21. The maximum Gasteiger partial charge on any atom is 0.373 e. The van der Waals surface area contributed by atoms with E-state index < -0.39 is 17.9 Å². The SMILES string of the molecule is COC(=O)c1ccc(CN2C(=O)NC(=Cc3ccc(OCc4cccc(F)c4)cc3)C2=O)o1. The summed E-state index contributed by atoms with van der Waals surface area (Å²) in [5.74, 6) is -0.685. The summed E-state index contributed by atoms with van der Waals surface area (Å²) in [7, 11) is 1.22. The fourth-order valence-electron chi connectivity index (χ4n) is 3.16. The molecule has 1 fully saturated rings. The van der Waals surface area contributed by atoms with Gasteiger partial charge >= 0.3 is 12.0 Å². The highest BCUT2D eigenvalue weighted by atomic mass is 19.1. The van der Waals surface area contributed by atoms with Crippen LogP contribution in [0.1, 0.15) is 27.4 Å². The van der Waals surface area contributed by atoms with Crippen molar-refractivity contribution in [2.75, 3.05) is 7.11 Å². The van der Waals surface area contributed by atoms with Crippen molar-refractivity contribution in [1.82, 2.24) is 10.2 Å². The van der Waals surface area contributed by atoms with E-state index in [0.717, 1.165) is 4.90 Å². The topological polar surface area (TPSA) is 98.1 Å². The van der Waals surface area contributed by atoms with Gasteiger partial charge in [0, 0.05) is 0 Å². The number of carbonyl (C=O) groups excluding carboxylic acids is 3. The summed E-state index contributed by atoms with van der Waals surface area (Å²) in [6.45, 7) is 0.0814. The smallest absolute Gasteiger partial charge is 0.373 e. The highest BCUT2D eigenvalue weighted by Gasteiger charge is 2.34. The largest absolute Gasteiger partial charge is 0.489 e. The lowest BCUT2D eigenvalue weighted by Crippen LogP contribution is -2.30. The van der Waals surface area contributed by atoms with Crippen LogP contribution in [0.25, 0.3) is 6.08 Å². The molecule has 1 aromatic heterocycles. The second-order valence-electron chi connectivity index (χ2n) is 7.12. The van der Waals surface area contributed by atoms with E-state index in [1.165, 1.54) is 31.4 Å². The van der Waals surface area contributed by atoms with Crippen molar-refractivity contribution in [2.24, 2.45) is 0 Å². The minimum atomic E-state index is -0.651. The normalized spacial score (nSPS) is 14.5. The van der Waals surface area contributed by atoms with E-state index in [9.17, 15) is 18.8 Å². The highest BCUT2D eigenvalue weighted by molar-refractivity contribution is 6.13. The molecule has 0 aliphatic carbocycles. The van der Waals surface area contributed by atoms with E-state index in [1.54, 1.807) is 42.5 Å². The molecule has 0 spiro atoms. The summed E-state index contributed by atoms with van der Waals surface area (Å²) >= 11 is 0. The quantitative estimate of drug-likeness (QED) is 0.333. The van der Waals surface area contributed by atoms with Gasteiger partial charge in [-0.05, 0) is 53.6 Å². The first-order chi connectivity index (χ1) is 15.9. The van der Waals surface area contributed by atoms with E-state index >= 15 is 0 Å². The van der Waals surface area contributed by atoms with Crippen LogP contribution in [0, 0.1) is 5.82 Å². The van der Waals surface area contributed by atoms with E-state index in [4.69, 9.17) is 9.15 Å². The molecule has 3 aromatic rings. The van der Waals surface area contributed by atoms with Crippen LogP contribution in [-0.2, 0) is 22.7 Å². The predicted molar refractivity (Wildman–Crippen MR) is 114 cm³/mol. The minimum Gasteiger partial charge on any atom is -0.489 e. The van der Waals surface area contributed by atoms with Gasteiger partial charge in [0.2, 0.25) is 5.76 Å². The molecule has 4 rings (SSSR count). The number of nitrogens with zero attached hydrogens (tertiary/aromatic N) is 1. The van der Waals surface area contributed by atoms with Crippen LogP contribution in [0.5, 0.6) is 5.75 Å². The number of nitrogens with one attached hydrogen (secondary N) is 1. The van der Waals surface area contributed by atoms with Gasteiger partial charge < -0.3 is 19.2 Å². The minimum absolute atomic E-state index is 0.0185. The average Bonchev–Trinajstić information content (AvgIpc) is 3.39. The summed E-state index contributed by atoms with van der Waals surface area (Å²) in [6, 6.07) is 15.3. The van der Waals surface area contributed by atoms with Crippen LogP contribution in [0.4, 0.5) is 9.18 Å². The molecule has 0 saturated carbocycles. The van der Waals surface area contributed by atoms with E-state index in [1.807, 2.05) is 0 Å². The molecule has 1 aliphatic rings. The van der Waals surface area contributed by atoms with Gasteiger partial charge in [-0.1, -0.05) is 24.3 Å². The number of hydrogen-bond donors (Lipinski definition) is 1. The molecule has 9 heteroatoms. The Bertz CT molecular complexity index is 1230. The summed E-state index contributed by atoms with van der Waals surface area (Å²) in [5.41, 5.74) is 1.48. The number of imide groups is 1. The number of hydrogen-bond acceptors (Lipinski definition) is 6. The first-order valence-electron chi connectivity index (χ1n) is 9.92. The molecule has 2 heterocycles. The van der Waals surface area contributed by atoms with Gasteiger partial charge in [0.05, 0.1) is 13.7 Å². The molecule has 0 bridgehead atoms. The summed E-state index contributed by atoms with van der Waals surface area (Å²) in [4.78, 5) is 37.4. The Morgan fingerprint density at radius 2 is 1.91 bits per heavy atom. The van der Waals surface area contributed by atoms with Crippen molar-refractivity contribution in [1.29, 1.82) is 0 Å². The summed E-state index contributed by atoms with van der Waals surface area (Å²) < 4.78 is 28.8. The van der Waals surface area contributed by atoms with Crippen molar-refractivity contribution in [3.63, 3.8) is 0 Å². The molecule has 0 unspecified atom stereocenters. The lowest BCUT2D eigenvalue weighted by atomic mass is 10.2. The molecule has 1 N–H and O–H groups in total. The maximum atomic E-state index is 13.2. The van der Waals surface area contributed by atoms with Gasteiger partial charge in [-0.3, -0.25) is 9.69 Å². The van der Waals surface area contributed by atoms with E-state index in [-0.39, 0.29) is 36.2 Å². The zero-order valence-electron chi connectivity index (χ0n) is 17.5. The third-order valence-electron chi connectivity index (χ3n) is 4.81. The summed E-state index contributed by atoms with van der Waals surface area (Å²) in [5, 5.41) is 2.53. The van der Waals surface area contributed by atoms with Crippen LogP contribution in [0.2, 0.25) is 0 Å². The second kappa shape index (κ2) is 9.39. The Balaban J connectivity index is 1.39. The molecule has 1 saturated heterocycles. The number of urea groups is 1. The Hall–Kier alpha value is -4.40. The molecule has 8 nitrogen and oxygen atoms in total. The van der Waals surface area contributed by atoms with Gasteiger partial charge in [-0.25, -0.2) is 14.0 Å². The van der Waals surface area contributed by atoms with Crippen molar-refractivity contribution >= 4 is 24.0 Å². The molecule has 2 aromatic carbocycles. The average molecular weight is 450 g/mol. The molecule has 168 valence electrons. The second-order valence-corrected chi connectivity index (χ2v) is 7.12. The third-order valence-corrected chi connectivity index (χ3v) is 4.81. The van der Waals surface area contributed by atoms with Crippen molar-refractivity contribution in [2.45, 2.75) is 13.2 Å². The molecule has 3 amide bonds. The van der Waals surface area contributed by atoms with Crippen LogP contribution < -0.4 is 10.1 Å². The number of furan rings is 1. The number of carbonyl (C=O) groups is 3. The van der Waals surface area contributed by atoms with Crippen LogP contribution >= 0.6 is 0 Å². The standard InChI is InChI=1S/C24H19FN2O6/c1-31-23(29)21-10-9-19(33-21)13-27-22(28)20(26-24(27)30)12-15-5-7-18(8-6-15)32-14-16-3-2-4-17(25)11-16/h2-12H,13-14H2,1H3,(H,26,30). The van der Waals surface area contributed by atoms with Gasteiger partial charge in [-0.2, -0.15) is 0 Å². The Morgan fingerprint density at radius 3 is 2.64 bits per heavy atom. The first-order valence-corrected chi connectivity index (χ1v) is 9.92. The van der Waals surface area contributed by atoms with Crippen molar-refractivity contribution in [3.05, 3.63) is 94.8 Å². The molecule has 1 aliphatic heterocycles. The fraction of sp³-hybridized carbons (Fsp3) is 0.125. The van der Waals surface area contributed by atoms with Crippen molar-refractivity contribution < 1.29 is 32.7 Å². The Morgan fingerprint density at radius 1 is 1.12 bits per heavy atom. The highest BCUT2D eigenvalue weighted by Crippen LogP contribution is 2.20. The van der Waals surface area contributed by atoms with Gasteiger partial charge in [-0.15, -0.1) is 0 Å². The monoisotopic (exact) mass is 450 g/mol. The lowest BCUT2D eigenvalue weighted by molar-refractivity contribution is -0.123. The van der Waals surface area contributed by atoms with Crippen molar-refractivity contribution in [3.8, 4) is 5.75 Å². The summed E-state index contributed by atoms with van der Waals surface area (Å²) in [6.07, 6.45) is 1.54. The number of amides is 3. The van der Waals surface area contributed by atoms with Gasteiger partial charge in [0.25, 0.3) is 5.91 Å². The zero-order valence-corrected chi connectivity index (χ0v) is 17.5. The molecule has 0 radical (unpaired) electrons. The Labute approximate surface area is 188 Å². The lowest BCUT2D eigenvalue weighted by Gasteiger charge is -2.09. The maximum absolute atomic E-state index is 13.2. The van der Waals surface area contributed by atoms with E-state index in [0.29, 0.717) is 16.9 Å². The van der Waals surface area contributed by atoms with E-state index in [2.05, 4.69) is 10.1 Å². The predicted octanol–water partition coefficient (Wildman–Crippen LogP) is 3.88. The van der Waals surface area contributed by atoms with Gasteiger partial charge in [0.15, 0.2) is 0 Å². The van der Waals surface area contributed by atoms with Gasteiger partial charge in [0.1, 0.15) is 29.6 Å². The number of benzene rings is 2. The zero-order chi connectivity index (χ0) is 23.4. The molecule has 33 heavy (non-hydrogen) atoms. The fourth-order valence-corrected chi connectivity index (χ4v) is 3.16. The molecular weight excluding hydrogens is 431 g/mol. The van der Waals surface area contributed by atoms with Crippen LogP contribution in [-0.4, -0.2) is 29.9 Å². The van der Waals surface area contributed by atoms with Crippen LogP contribution in [0.3, 0.4) is 0 Å². The first kappa shape index (κ1) is 21.8. The third kappa shape index (κ3) is 5.09. The number of rotatable bonds is 7. The van der Waals surface area contributed by atoms with Crippen LogP contribution in [0.15, 0.2) is 70.8 Å². The molecular formula is C24H19FN2O6. The number of esters is 1. The number of halogens is 1.